The molecule has 10 nitrogen and oxygen atoms in total. The summed E-state index contributed by atoms with van der Waals surface area (Å²) in [5.41, 5.74) is 2.05. The number of likely N-dealkylation sites (tertiary alicyclic amines) is 1. The molecule has 0 unspecified atom stereocenters. The summed E-state index contributed by atoms with van der Waals surface area (Å²) in [4.78, 5) is 31.9. The van der Waals surface area contributed by atoms with Crippen molar-refractivity contribution in [3.05, 3.63) is 58.9 Å². The van der Waals surface area contributed by atoms with Crippen molar-refractivity contribution in [2.24, 2.45) is 5.92 Å². The molecule has 2 fully saturated rings. The maximum absolute atomic E-state index is 13.1. The SMILES string of the molecule is O=C(NCc1cc(Cl)ccc1-c1nn[nH]n1)[C@@H]1C[C@@H]2C[C@@H]2N1C(=O)[C@H](O)Cc1ccccn1. The summed E-state index contributed by atoms with van der Waals surface area (Å²) in [5, 5.41) is 28.0. The Labute approximate surface area is 194 Å². The molecule has 3 heterocycles. The van der Waals surface area contributed by atoms with E-state index in [-0.39, 0.29) is 24.9 Å². The topological polar surface area (TPSA) is 137 Å². The van der Waals surface area contributed by atoms with Crippen LogP contribution in [0.2, 0.25) is 5.02 Å². The minimum atomic E-state index is -1.24. The van der Waals surface area contributed by atoms with E-state index in [4.69, 9.17) is 11.6 Å². The molecule has 0 radical (unpaired) electrons. The number of piperidine rings is 1. The van der Waals surface area contributed by atoms with E-state index in [1.54, 1.807) is 47.5 Å². The number of aliphatic hydroxyl groups is 1. The number of pyridine rings is 1. The third kappa shape index (κ3) is 4.44. The van der Waals surface area contributed by atoms with Crippen molar-refractivity contribution < 1.29 is 14.7 Å². The molecule has 33 heavy (non-hydrogen) atoms. The minimum absolute atomic E-state index is 0.00712. The molecule has 170 valence electrons. The Morgan fingerprint density at radius 2 is 2.15 bits per heavy atom. The predicted octanol–water partition coefficient (Wildman–Crippen LogP) is 1.12. The number of aromatic amines is 1. The van der Waals surface area contributed by atoms with E-state index in [0.717, 1.165) is 12.0 Å². The maximum atomic E-state index is 13.1. The van der Waals surface area contributed by atoms with Crippen LogP contribution >= 0.6 is 11.6 Å². The van der Waals surface area contributed by atoms with Gasteiger partial charge in [-0.1, -0.05) is 17.7 Å². The van der Waals surface area contributed by atoms with Crippen molar-refractivity contribution >= 4 is 23.4 Å². The van der Waals surface area contributed by atoms with E-state index in [9.17, 15) is 14.7 Å². The molecule has 1 aliphatic heterocycles. The summed E-state index contributed by atoms with van der Waals surface area (Å²) in [5.74, 6) is 0.000884. The number of benzene rings is 1. The van der Waals surface area contributed by atoms with Gasteiger partial charge in [-0.15, -0.1) is 10.2 Å². The molecule has 2 amide bonds. The smallest absolute Gasteiger partial charge is 0.252 e. The van der Waals surface area contributed by atoms with Gasteiger partial charge in [-0.2, -0.15) is 5.21 Å². The van der Waals surface area contributed by atoms with E-state index in [1.807, 2.05) is 0 Å². The lowest BCUT2D eigenvalue weighted by Gasteiger charge is -2.28. The van der Waals surface area contributed by atoms with Gasteiger partial charge in [-0.3, -0.25) is 14.6 Å². The van der Waals surface area contributed by atoms with Gasteiger partial charge in [0.05, 0.1) is 0 Å². The molecule has 1 saturated carbocycles. The van der Waals surface area contributed by atoms with E-state index in [2.05, 4.69) is 30.9 Å². The largest absolute Gasteiger partial charge is 0.383 e. The second-order valence-electron chi connectivity index (χ2n) is 8.36. The number of H-pyrrole nitrogens is 1. The van der Waals surface area contributed by atoms with Gasteiger partial charge in [-0.05, 0) is 59.9 Å². The Morgan fingerprint density at radius 1 is 1.27 bits per heavy atom. The van der Waals surface area contributed by atoms with Crippen LogP contribution in [0.1, 0.15) is 24.1 Å². The second kappa shape index (κ2) is 8.87. The Kier molecular flexibility index (Phi) is 5.77. The summed E-state index contributed by atoms with van der Waals surface area (Å²) in [7, 11) is 0. The van der Waals surface area contributed by atoms with Gasteiger partial charge in [-0.25, -0.2) is 0 Å². The molecule has 2 aromatic heterocycles. The molecule has 0 spiro atoms. The van der Waals surface area contributed by atoms with Gasteiger partial charge in [0.1, 0.15) is 12.1 Å². The normalized spacial score (nSPS) is 22.0. The Balaban J connectivity index is 1.27. The van der Waals surface area contributed by atoms with Gasteiger partial charge in [0.2, 0.25) is 11.7 Å². The lowest BCUT2D eigenvalue weighted by Crippen LogP contribution is -2.51. The summed E-state index contributed by atoms with van der Waals surface area (Å²) >= 11 is 6.15. The van der Waals surface area contributed by atoms with Crippen LogP contribution in [0.25, 0.3) is 11.4 Å². The highest BCUT2D eigenvalue weighted by atomic mass is 35.5. The number of nitrogens with zero attached hydrogens (tertiary/aromatic N) is 5. The second-order valence-corrected chi connectivity index (χ2v) is 8.79. The number of aromatic nitrogens is 5. The lowest BCUT2D eigenvalue weighted by molar-refractivity contribution is -0.146. The van der Waals surface area contributed by atoms with Crippen LogP contribution < -0.4 is 5.32 Å². The third-order valence-electron chi connectivity index (χ3n) is 6.18. The third-order valence-corrected chi connectivity index (χ3v) is 6.42. The first-order valence-corrected chi connectivity index (χ1v) is 11.1. The highest BCUT2D eigenvalue weighted by Gasteiger charge is 2.56. The summed E-state index contributed by atoms with van der Waals surface area (Å²) in [6.07, 6.45) is 1.94. The van der Waals surface area contributed by atoms with Gasteiger partial charge in [0.15, 0.2) is 0 Å². The fraction of sp³-hybridized carbons (Fsp3) is 0.364. The lowest BCUT2D eigenvalue weighted by atomic mass is 10.1. The number of aliphatic hydroxyl groups excluding tert-OH is 1. The molecule has 3 N–H and O–H groups in total. The Hall–Kier alpha value is -3.37. The number of carbonyl (C=O) groups is 2. The standard InChI is InChI=1S/C22H22ClN7O3/c23-14-4-5-16(20-26-28-29-27-20)13(7-14)11-25-21(32)18-9-12-8-17(12)30(18)22(33)19(31)10-15-3-1-2-6-24-15/h1-7,12,17-19,31H,8-11H2,(H,25,32)(H,26,27,28,29)/t12-,17-,18-,19+/m0/s1. The number of fused-ring (bicyclic) bond motifs is 1. The number of amides is 2. The monoisotopic (exact) mass is 467 g/mol. The van der Waals surface area contributed by atoms with Gasteiger partial charge >= 0.3 is 0 Å². The van der Waals surface area contributed by atoms with Crippen LogP contribution in [0.5, 0.6) is 0 Å². The fourth-order valence-electron chi connectivity index (χ4n) is 4.49. The van der Waals surface area contributed by atoms with Crippen molar-refractivity contribution in [2.45, 2.75) is 44.0 Å². The first-order valence-electron chi connectivity index (χ1n) is 10.7. The molecule has 2 aliphatic rings. The predicted molar refractivity (Wildman–Crippen MR) is 118 cm³/mol. The number of hydrogen-bond donors (Lipinski definition) is 3. The average molecular weight is 468 g/mol. The van der Waals surface area contributed by atoms with Crippen molar-refractivity contribution in [1.29, 1.82) is 0 Å². The highest BCUT2D eigenvalue weighted by molar-refractivity contribution is 6.30. The zero-order chi connectivity index (χ0) is 22.9. The van der Waals surface area contributed by atoms with E-state index in [0.29, 0.717) is 34.4 Å². The average Bonchev–Trinajstić information content (AvgIpc) is 3.21. The Morgan fingerprint density at radius 3 is 2.91 bits per heavy atom. The van der Waals surface area contributed by atoms with Crippen LogP contribution in [0.3, 0.4) is 0 Å². The fourth-order valence-corrected chi connectivity index (χ4v) is 4.68. The number of carbonyl (C=O) groups excluding carboxylic acids is 2. The number of rotatable bonds is 7. The quantitative estimate of drug-likeness (QED) is 0.473. The number of hydrogen-bond acceptors (Lipinski definition) is 7. The van der Waals surface area contributed by atoms with Crippen LogP contribution in [-0.4, -0.2) is 65.6 Å². The number of tetrazole rings is 1. The van der Waals surface area contributed by atoms with Crippen molar-refractivity contribution in [1.82, 2.24) is 35.8 Å². The molecular weight excluding hydrogens is 446 g/mol. The van der Waals surface area contributed by atoms with Crippen molar-refractivity contribution in [3.8, 4) is 11.4 Å². The van der Waals surface area contributed by atoms with Crippen LogP contribution in [-0.2, 0) is 22.6 Å². The number of nitrogens with one attached hydrogen (secondary N) is 2. The molecule has 0 bridgehead atoms. The first-order chi connectivity index (χ1) is 16.0. The van der Waals surface area contributed by atoms with Gasteiger partial charge in [0.25, 0.3) is 5.91 Å². The zero-order valence-corrected chi connectivity index (χ0v) is 18.3. The minimum Gasteiger partial charge on any atom is -0.383 e. The molecule has 1 saturated heterocycles. The van der Waals surface area contributed by atoms with Crippen LogP contribution in [0, 0.1) is 5.92 Å². The van der Waals surface area contributed by atoms with Crippen molar-refractivity contribution in [2.75, 3.05) is 0 Å². The summed E-state index contributed by atoms with van der Waals surface area (Å²) < 4.78 is 0. The van der Waals surface area contributed by atoms with Crippen LogP contribution in [0.4, 0.5) is 0 Å². The molecule has 11 heteroatoms. The summed E-state index contributed by atoms with van der Waals surface area (Å²) in [6, 6.07) is 9.95. The van der Waals surface area contributed by atoms with Gasteiger partial charge < -0.3 is 15.3 Å². The van der Waals surface area contributed by atoms with E-state index >= 15 is 0 Å². The molecular formula is C22H22ClN7O3. The number of halogens is 1. The Bertz CT molecular complexity index is 1160. The molecule has 1 aliphatic carbocycles. The van der Waals surface area contributed by atoms with Crippen molar-refractivity contribution in [3.63, 3.8) is 0 Å². The van der Waals surface area contributed by atoms with E-state index in [1.165, 1.54) is 0 Å². The maximum Gasteiger partial charge on any atom is 0.252 e. The molecule has 1 aromatic carbocycles. The summed E-state index contributed by atoms with van der Waals surface area (Å²) in [6.45, 7) is 0.188. The first kappa shape index (κ1) is 21.5. The molecule has 3 aromatic rings. The highest BCUT2D eigenvalue weighted by Crippen LogP contribution is 2.48. The van der Waals surface area contributed by atoms with Crippen LogP contribution in [0.15, 0.2) is 42.6 Å². The molecule has 5 rings (SSSR count). The van der Waals surface area contributed by atoms with E-state index < -0.39 is 18.1 Å². The molecule has 4 atom stereocenters. The zero-order valence-electron chi connectivity index (χ0n) is 17.6. The van der Waals surface area contributed by atoms with Gasteiger partial charge in [0, 0.05) is 41.5 Å².